The summed E-state index contributed by atoms with van der Waals surface area (Å²) in [5.74, 6) is -0.113. The maximum atomic E-state index is 14.7. The second kappa shape index (κ2) is 47.1. The number of aliphatic hydroxyl groups excluding tert-OH is 6. The summed E-state index contributed by atoms with van der Waals surface area (Å²) in [6.07, 6.45) is -8.26. The van der Waals surface area contributed by atoms with E-state index in [-0.39, 0.29) is 97.4 Å². The van der Waals surface area contributed by atoms with Crippen molar-refractivity contribution >= 4 is 98.3 Å². The number of ether oxygens (including phenoxy) is 10. The maximum absolute atomic E-state index is 14.7. The van der Waals surface area contributed by atoms with Crippen LogP contribution in [-0.4, -0.2) is 421 Å². The van der Waals surface area contributed by atoms with Crippen LogP contribution in [0.4, 0.5) is 23.4 Å². The summed E-state index contributed by atoms with van der Waals surface area (Å²) >= 11 is 0. The number of carbonyl (C=O) groups is 1. The van der Waals surface area contributed by atoms with Crippen molar-refractivity contribution in [3.05, 3.63) is 97.3 Å². The van der Waals surface area contributed by atoms with Crippen molar-refractivity contribution in [3.63, 3.8) is 0 Å². The minimum atomic E-state index is -4.24. The van der Waals surface area contributed by atoms with Gasteiger partial charge in [-0.3, -0.25) is 94.4 Å². The summed E-state index contributed by atoms with van der Waals surface area (Å²) < 4.78 is 146. The zero-order valence-electron chi connectivity index (χ0n) is 79.4. The summed E-state index contributed by atoms with van der Waals surface area (Å²) in [7, 11) is -8.13. The number of nitrogen functional groups attached to an aromatic ring is 4. The summed E-state index contributed by atoms with van der Waals surface area (Å²) in [5, 5.41) is 71.9. The van der Waals surface area contributed by atoms with Gasteiger partial charge in [0, 0.05) is 123 Å². The molecule has 61 nitrogen and oxygen atoms in total. The van der Waals surface area contributed by atoms with Crippen LogP contribution in [0.1, 0.15) is 76.2 Å². The lowest BCUT2D eigenvalue weighted by Gasteiger charge is -2.33. The Labute approximate surface area is 819 Å². The number of nitrogens with zero attached hydrogens (tertiary/aromatic N) is 21. The van der Waals surface area contributed by atoms with Crippen LogP contribution >= 0.6 is 23.2 Å². The van der Waals surface area contributed by atoms with E-state index in [4.69, 9.17) is 103 Å². The number of nitrogens with one attached hydrogen (secondary N) is 5. The number of hydrogen-bond acceptors (Lipinski definition) is 50. The van der Waals surface area contributed by atoms with Gasteiger partial charge in [0.05, 0.1) is 97.5 Å². The van der Waals surface area contributed by atoms with Crippen molar-refractivity contribution in [3.8, 4) is 0 Å². The van der Waals surface area contributed by atoms with Crippen LogP contribution in [0.3, 0.4) is 0 Å². The largest absolute Gasteiger partial charge is 0.408 e. The predicted molar refractivity (Wildman–Crippen MR) is 502 cm³/mol. The number of H-pyrrole nitrogens is 2. The maximum Gasteiger partial charge on any atom is 0.408 e. The normalized spacial score (nSPS) is 30.1. The highest BCUT2D eigenvalue weighted by Gasteiger charge is 2.54. The molecule has 0 radical (unpaired) electrons. The lowest BCUT2D eigenvalue weighted by atomic mass is 10.1. The third kappa shape index (κ3) is 24.1. The van der Waals surface area contributed by atoms with E-state index >= 15 is 0 Å². The molecular weight excluding hydrogens is 1970 g/mol. The van der Waals surface area contributed by atoms with Crippen LogP contribution in [0.2, 0.25) is 0 Å². The van der Waals surface area contributed by atoms with Gasteiger partial charge in [0.25, 0.3) is 17.0 Å². The van der Waals surface area contributed by atoms with Crippen molar-refractivity contribution in [2.45, 2.75) is 181 Å². The number of likely N-dealkylation sites (N-methyl/N-ethyl adjacent to an activating group) is 2. The fraction of sp³-hybridized carbons (Fsp3) is 0.675. The molecule has 18 heterocycles. The van der Waals surface area contributed by atoms with Crippen molar-refractivity contribution in [2.75, 3.05) is 189 Å². The second-order valence-electron chi connectivity index (χ2n) is 35.0. The van der Waals surface area contributed by atoms with Gasteiger partial charge < -0.3 is 116 Å². The van der Waals surface area contributed by atoms with E-state index in [0.29, 0.717) is 101 Å². The van der Waals surface area contributed by atoms with Crippen LogP contribution in [0.15, 0.2) is 79.3 Å². The fourth-order valence-corrected chi connectivity index (χ4v) is 22.7. The molecule has 0 spiro atoms. The summed E-state index contributed by atoms with van der Waals surface area (Å²) in [6, 6.07) is 0.625. The molecule has 8 aromatic heterocycles. The van der Waals surface area contributed by atoms with Crippen molar-refractivity contribution in [2.24, 2.45) is 15.7 Å². The molecule has 0 aromatic carbocycles. The highest BCUT2D eigenvalue weighted by atomic mass is 31.2. The first-order valence-corrected chi connectivity index (χ1v) is 51.2. The van der Waals surface area contributed by atoms with E-state index < -0.39 is 214 Å². The standard InChI is InChI=1S/C27H43N12O8P.C27H40N9O12P.C26H39N10O10P/c1-4-37(5-2)7-6-36(3)48(43,47-16-9-20(45-17(16)10-40)38-13-32-21-23(28)30-12-31-24(21)38)44-11-18-15(41)8-19(46-18)39-14-33-22-25(39)34-27(29)35-26(22)42;1-14-10-35(27(41)33-23(14)39)18-9-15(16(11-37)46-18)48-49(42,30-3-4-34-5-7-44-8-6-34)45-12-17-20(38)21(43-2)25(47-17)36-13-29-19-22(36)31-26(28)32-24(19)40;1-41-22-21(38)17(45-25(22)35-4-2-18(27)33-26(35)39)12-43-47(40,32-3-5-34-6-8-42-9-7-34)46-15-10-19(44-16(15)11-37)36-14-31-20-23(28)29-13-30-24(20)36/h12-20,22,25,40-41H,4-11H2,1-3H3,(H2,28,30,31)(H3,29,34,35,42);10,13,15-18,20-21,25,37-38H,3-9,11-12H2,1-2H3,(H,30,42)(H,33,39,41)(H3,28,31,32,40);2,4,13-17,19,21-22,25,37-38H,3,5-12H2,1H3,(H,32,40)(H2,27,33,39)(H2,28,29,30)/t15-,16-,17-,18-,19-,20-,22?,25?,48?;15-,16-,17-,18-,20+,21?,25-,49?;15-,16-,17-,19-,21+,22?,25-,47?/m111/s1. The third-order valence-corrected chi connectivity index (χ3v) is 31.3. The number of aromatic amines is 2. The van der Waals surface area contributed by atoms with Gasteiger partial charge in [-0.1, -0.05) is 13.8 Å². The molecule has 25 atom stereocenters. The first-order valence-electron chi connectivity index (χ1n) is 46.6. The minimum absolute atomic E-state index is 0.000906. The number of carbonyl (C=O) groups excluding carboxylic acids is 1. The summed E-state index contributed by atoms with van der Waals surface area (Å²) in [6.45, 7) is 12.2. The van der Waals surface area contributed by atoms with Gasteiger partial charge in [0.1, 0.15) is 134 Å². The molecule has 18 rings (SSSR count). The van der Waals surface area contributed by atoms with Crippen LogP contribution in [0.25, 0.3) is 33.5 Å². The molecule has 144 heavy (non-hydrogen) atoms. The van der Waals surface area contributed by atoms with Crippen molar-refractivity contribution in [1.29, 1.82) is 0 Å². The Hall–Kier alpha value is -9.81. The molecule has 0 aliphatic carbocycles. The van der Waals surface area contributed by atoms with Gasteiger partial charge in [-0.05, 0) is 33.1 Å². The van der Waals surface area contributed by atoms with E-state index in [0.717, 1.165) is 17.7 Å². The Morgan fingerprint density at radius 2 is 1.06 bits per heavy atom. The van der Waals surface area contributed by atoms with E-state index in [2.05, 4.69) is 95.0 Å². The average Bonchev–Trinajstić information content (AvgIpc) is 1.60. The number of amides is 1. The number of aliphatic hydroxyl groups is 6. The summed E-state index contributed by atoms with van der Waals surface area (Å²) in [4.78, 5) is 120. The number of guanidine groups is 1. The molecule has 10 aliphatic rings. The van der Waals surface area contributed by atoms with Crippen LogP contribution in [0.5, 0.6) is 0 Å². The van der Waals surface area contributed by atoms with Crippen LogP contribution in [-0.2, 0) is 93.0 Å². The monoisotopic (exact) mass is 2090 g/mol. The van der Waals surface area contributed by atoms with E-state index in [1.165, 1.54) is 91.4 Å². The number of anilines is 4. The first-order chi connectivity index (χ1) is 69.2. The Bertz CT molecular complexity index is 6190. The number of nitrogens with two attached hydrogens (primary N) is 5. The number of aromatic nitrogens is 16. The SMILES string of the molecule is CCN(CC)CCN(C)P(=O)(OC[C@H]1O[C@@H](N2C=NC3C(=O)NC(N)=NC32)C[C@H]1O)O[C@@H]1C[C@H](n2cnc3c(N)ncnc32)O[C@@H]1CO.COC1[C@@H](O)[C@@H](COP(=O)(NCCN2CCOCC2)O[C@@H]2C[C@H](n3cc(C)c(=O)[nH]c3=O)O[C@@H]2CO)O[C@H]1n1cnc2c(=O)[nH]c(N)nc21.COC1[C@@H](O)[C@@H](COP(=O)(NCCN2CCOCC2)O[C@@H]2C[C@H](n3cnc4c(N)ncnc43)O[C@@H]2CO)O[C@H]1n1ccc(N)nc1=O. The number of morpholine rings is 2. The number of hydrogen-bond donors (Lipinski definition) is 16. The zero-order chi connectivity index (χ0) is 102. The van der Waals surface area contributed by atoms with E-state index in [9.17, 15) is 68.3 Å². The summed E-state index contributed by atoms with van der Waals surface area (Å²) in [5.41, 5.74) is 28.5. The number of fused-ring (bicyclic) bond motifs is 4. The van der Waals surface area contributed by atoms with Crippen molar-refractivity contribution in [1.82, 2.24) is 117 Å². The first kappa shape index (κ1) is 107. The number of imidazole rings is 3. The van der Waals surface area contributed by atoms with Gasteiger partial charge >= 0.3 is 34.6 Å². The fourth-order valence-electron chi connectivity index (χ4n) is 18.0. The molecule has 64 heteroatoms. The molecule has 8 saturated heterocycles. The Morgan fingerprint density at radius 1 is 0.556 bits per heavy atom. The topological polar surface area (TPSA) is 785 Å². The quantitative estimate of drug-likeness (QED) is 0.0159. The van der Waals surface area contributed by atoms with Crippen molar-refractivity contribution < 1.29 is 124 Å². The van der Waals surface area contributed by atoms with E-state index in [1.807, 2.05) is 13.8 Å². The smallest absolute Gasteiger partial charge is 0.394 e. The van der Waals surface area contributed by atoms with Gasteiger partial charge in [-0.25, -0.2) is 78.0 Å². The molecule has 792 valence electrons. The highest BCUT2D eigenvalue weighted by molar-refractivity contribution is 7.52. The Balaban J connectivity index is 0.000000155. The molecule has 8 aromatic rings. The van der Waals surface area contributed by atoms with Gasteiger partial charge in [0.2, 0.25) is 5.95 Å². The lowest BCUT2D eigenvalue weighted by Crippen LogP contribution is -2.55. The molecule has 1 amide bonds. The van der Waals surface area contributed by atoms with E-state index in [1.54, 1.807) is 21.1 Å². The molecule has 0 saturated carbocycles. The van der Waals surface area contributed by atoms with Crippen LogP contribution < -0.4 is 66.7 Å². The molecule has 21 N–H and O–H groups in total. The predicted octanol–water partition coefficient (Wildman–Crippen LogP) is -5.79. The second-order valence-corrected chi connectivity index (χ2v) is 40.7. The number of rotatable bonds is 40. The van der Waals surface area contributed by atoms with Gasteiger partial charge in [-0.2, -0.15) is 9.97 Å². The number of aliphatic imine (C=N–C) groups is 2. The number of aryl methyl sites for hydroxylation is 1. The molecule has 0 bridgehead atoms. The number of methoxy groups -OCH3 is 2. The minimum Gasteiger partial charge on any atom is -0.394 e. The Kier molecular flexibility index (Phi) is 35.0. The average molecular weight is 2090 g/mol. The lowest BCUT2D eigenvalue weighted by molar-refractivity contribution is -0.123. The zero-order valence-corrected chi connectivity index (χ0v) is 82.1. The molecule has 10 aliphatic heterocycles. The Morgan fingerprint density at radius 3 is 1.58 bits per heavy atom. The van der Waals surface area contributed by atoms with Gasteiger partial charge in [-0.15, -0.1) is 0 Å². The highest BCUT2D eigenvalue weighted by Crippen LogP contribution is 2.56. The third-order valence-electron chi connectivity index (χ3n) is 26.0. The molecule has 8 fully saturated rings. The van der Waals surface area contributed by atoms with Crippen LogP contribution in [0, 0.1) is 6.92 Å². The molecule has 7 unspecified atom stereocenters. The molecular formula is C80H122N31O30P3. The van der Waals surface area contributed by atoms with Gasteiger partial charge in [0.15, 0.2) is 64.7 Å².